The Balaban J connectivity index is 2.05. The molecule has 5 nitrogen and oxygen atoms in total. The van der Waals surface area contributed by atoms with Gasteiger partial charge in [0, 0.05) is 12.1 Å². The van der Waals surface area contributed by atoms with Gasteiger partial charge in [0.25, 0.3) is 0 Å². The number of halogens is 1. The Morgan fingerprint density at radius 3 is 2.40 bits per heavy atom. The minimum absolute atomic E-state index is 0.0539. The lowest BCUT2D eigenvalue weighted by Crippen LogP contribution is -2.10. The number of amides is 1. The minimum Gasteiger partial charge on any atom is -0.462 e. The van der Waals surface area contributed by atoms with E-state index in [0.717, 1.165) is 6.42 Å². The Morgan fingerprint density at radius 1 is 1.08 bits per heavy atom. The van der Waals surface area contributed by atoms with Crippen LogP contribution in [0.15, 0.2) is 42.5 Å². The SMILES string of the molecule is CCCC(=O)Nc1ccc(Oc2ccc(C(=O)OCC)cc2)c(Cl)c1. The summed E-state index contributed by atoms with van der Waals surface area (Å²) in [5.74, 6) is 0.567. The highest BCUT2D eigenvalue weighted by atomic mass is 35.5. The monoisotopic (exact) mass is 361 g/mol. The average Bonchev–Trinajstić information content (AvgIpc) is 2.58. The Bertz CT molecular complexity index is 744. The number of benzene rings is 2. The van der Waals surface area contributed by atoms with Crippen molar-refractivity contribution in [3.8, 4) is 11.5 Å². The van der Waals surface area contributed by atoms with Gasteiger partial charge in [-0.15, -0.1) is 0 Å². The molecular formula is C19H20ClNO4. The van der Waals surface area contributed by atoms with Crippen molar-refractivity contribution in [2.45, 2.75) is 26.7 Å². The molecule has 0 saturated heterocycles. The zero-order valence-corrected chi connectivity index (χ0v) is 14.9. The molecule has 0 heterocycles. The summed E-state index contributed by atoms with van der Waals surface area (Å²) in [4.78, 5) is 23.2. The molecule has 1 N–H and O–H groups in total. The first-order valence-corrected chi connectivity index (χ1v) is 8.45. The molecule has 0 atom stereocenters. The molecule has 0 unspecified atom stereocenters. The van der Waals surface area contributed by atoms with Gasteiger partial charge in [0.15, 0.2) is 0 Å². The zero-order valence-electron chi connectivity index (χ0n) is 14.2. The van der Waals surface area contributed by atoms with Gasteiger partial charge in [-0.1, -0.05) is 18.5 Å². The smallest absolute Gasteiger partial charge is 0.338 e. The average molecular weight is 362 g/mol. The van der Waals surface area contributed by atoms with Gasteiger partial charge in [-0.05, 0) is 55.8 Å². The standard InChI is InChI=1S/C19H20ClNO4/c1-3-5-18(22)21-14-8-11-17(16(20)12-14)25-15-9-6-13(7-10-15)19(23)24-4-2/h6-12H,3-5H2,1-2H3,(H,21,22). The first-order chi connectivity index (χ1) is 12.0. The van der Waals surface area contributed by atoms with E-state index < -0.39 is 0 Å². The Kier molecular flexibility index (Phi) is 6.83. The maximum Gasteiger partial charge on any atom is 0.338 e. The van der Waals surface area contributed by atoms with Crippen LogP contribution < -0.4 is 10.1 Å². The molecule has 25 heavy (non-hydrogen) atoms. The quantitative estimate of drug-likeness (QED) is 0.701. The number of hydrogen-bond donors (Lipinski definition) is 1. The van der Waals surface area contributed by atoms with Gasteiger partial charge in [-0.3, -0.25) is 4.79 Å². The van der Waals surface area contributed by atoms with E-state index in [1.54, 1.807) is 49.4 Å². The molecule has 2 rings (SSSR count). The lowest BCUT2D eigenvalue weighted by atomic mass is 10.2. The molecule has 0 saturated carbocycles. The molecule has 1 amide bonds. The molecule has 2 aromatic rings. The molecule has 0 aliphatic carbocycles. The third-order valence-corrected chi connectivity index (χ3v) is 3.58. The van der Waals surface area contributed by atoms with Gasteiger partial charge < -0.3 is 14.8 Å². The van der Waals surface area contributed by atoms with Crippen LogP contribution in [0.4, 0.5) is 5.69 Å². The van der Waals surface area contributed by atoms with Crippen LogP contribution in [-0.2, 0) is 9.53 Å². The number of hydrogen-bond acceptors (Lipinski definition) is 4. The fourth-order valence-corrected chi connectivity index (χ4v) is 2.33. The van der Waals surface area contributed by atoms with E-state index in [0.29, 0.717) is 40.8 Å². The van der Waals surface area contributed by atoms with Crippen molar-refractivity contribution in [1.29, 1.82) is 0 Å². The van der Waals surface area contributed by atoms with Crippen LogP contribution in [0, 0.1) is 0 Å². The van der Waals surface area contributed by atoms with Crippen LogP contribution in [0.3, 0.4) is 0 Å². The topological polar surface area (TPSA) is 64.6 Å². The van der Waals surface area contributed by atoms with Crippen LogP contribution >= 0.6 is 11.6 Å². The summed E-state index contributed by atoms with van der Waals surface area (Å²) in [5.41, 5.74) is 1.07. The first kappa shape index (κ1) is 18.8. The molecule has 0 fully saturated rings. The number of ether oxygens (including phenoxy) is 2. The van der Waals surface area contributed by atoms with E-state index in [4.69, 9.17) is 21.1 Å². The van der Waals surface area contributed by atoms with E-state index in [9.17, 15) is 9.59 Å². The van der Waals surface area contributed by atoms with Crippen LogP contribution in [-0.4, -0.2) is 18.5 Å². The highest BCUT2D eigenvalue weighted by Gasteiger charge is 2.09. The van der Waals surface area contributed by atoms with Crippen molar-refractivity contribution in [3.05, 3.63) is 53.1 Å². The number of anilines is 1. The molecule has 6 heteroatoms. The van der Waals surface area contributed by atoms with Crippen LogP contribution in [0.5, 0.6) is 11.5 Å². The number of nitrogens with one attached hydrogen (secondary N) is 1. The fourth-order valence-electron chi connectivity index (χ4n) is 2.11. The van der Waals surface area contributed by atoms with E-state index >= 15 is 0 Å². The lowest BCUT2D eigenvalue weighted by Gasteiger charge is -2.10. The Labute approximate surface area is 151 Å². The summed E-state index contributed by atoms with van der Waals surface area (Å²) < 4.78 is 10.6. The fraction of sp³-hybridized carbons (Fsp3) is 0.263. The summed E-state index contributed by atoms with van der Waals surface area (Å²) in [6.45, 7) is 4.02. The molecule has 0 aliphatic rings. The van der Waals surface area contributed by atoms with Crippen molar-refractivity contribution < 1.29 is 19.1 Å². The van der Waals surface area contributed by atoms with Crippen molar-refractivity contribution in [2.75, 3.05) is 11.9 Å². The van der Waals surface area contributed by atoms with E-state index in [1.807, 2.05) is 6.92 Å². The summed E-state index contributed by atoms with van der Waals surface area (Å²) >= 11 is 6.21. The summed E-state index contributed by atoms with van der Waals surface area (Å²) in [5, 5.41) is 3.15. The predicted octanol–water partition coefficient (Wildman–Crippen LogP) is 5.05. The highest BCUT2D eigenvalue weighted by Crippen LogP contribution is 2.31. The van der Waals surface area contributed by atoms with Crippen LogP contribution in [0.1, 0.15) is 37.0 Å². The minimum atomic E-state index is -0.376. The number of carbonyl (C=O) groups is 2. The third-order valence-electron chi connectivity index (χ3n) is 3.29. The van der Waals surface area contributed by atoms with Crippen LogP contribution in [0.25, 0.3) is 0 Å². The largest absolute Gasteiger partial charge is 0.462 e. The van der Waals surface area contributed by atoms with Gasteiger partial charge in [-0.2, -0.15) is 0 Å². The van der Waals surface area contributed by atoms with E-state index in [1.165, 1.54) is 0 Å². The zero-order chi connectivity index (χ0) is 18.2. The predicted molar refractivity (Wildman–Crippen MR) is 97.5 cm³/mol. The second-order valence-corrected chi connectivity index (χ2v) is 5.70. The van der Waals surface area contributed by atoms with Gasteiger partial charge in [0.2, 0.25) is 5.91 Å². The maximum atomic E-state index is 11.6. The summed E-state index contributed by atoms with van der Waals surface area (Å²) in [7, 11) is 0. The van der Waals surface area contributed by atoms with Gasteiger partial charge in [-0.25, -0.2) is 4.79 Å². The molecular weight excluding hydrogens is 342 g/mol. The Hall–Kier alpha value is -2.53. The molecule has 0 bridgehead atoms. The molecule has 0 spiro atoms. The molecule has 0 aliphatic heterocycles. The van der Waals surface area contributed by atoms with Crippen molar-refractivity contribution in [1.82, 2.24) is 0 Å². The van der Waals surface area contributed by atoms with Crippen molar-refractivity contribution in [3.63, 3.8) is 0 Å². The summed E-state index contributed by atoms with van der Waals surface area (Å²) in [6.07, 6.45) is 1.24. The Morgan fingerprint density at radius 2 is 1.80 bits per heavy atom. The normalized spacial score (nSPS) is 10.2. The number of rotatable bonds is 7. The van der Waals surface area contributed by atoms with Gasteiger partial charge in [0.1, 0.15) is 11.5 Å². The van der Waals surface area contributed by atoms with Gasteiger partial charge in [0.05, 0.1) is 17.2 Å². The third kappa shape index (κ3) is 5.50. The van der Waals surface area contributed by atoms with Gasteiger partial charge >= 0.3 is 5.97 Å². The second kappa shape index (κ2) is 9.08. The first-order valence-electron chi connectivity index (χ1n) is 8.08. The molecule has 0 aromatic heterocycles. The number of esters is 1. The summed E-state index contributed by atoms with van der Waals surface area (Å²) in [6, 6.07) is 11.6. The van der Waals surface area contributed by atoms with Crippen LogP contribution in [0.2, 0.25) is 5.02 Å². The highest BCUT2D eigenvalue weighted by molar-refractivity contribution is 6.32. The number of carbonyl (C=O) groups excluding carboxylic acids is 2. The van der Waals surface area contributed by atoms with E-state index in [-0.39, 0.29) is 11.9 Å². The second-order valence-electron chi connectivity index (χ2n) is 5.29. The van der Waals surface area contributed by atoms with E-state index in [2.05, 4.69) is 5.32 Å². The molecule has 0 radical (unpaired) electrons. The molecule has 2 aromatic carbocycles. The van der Waals surface area contributed by atoms with Crippen molar-refractivity contribution >= 4 is 29.2 Å². The molecule has 132 valence electrons. The maximum absolute atomic E-state index is 11.6. The lowest BCUT2D eigenvalue weighted by molar-refractivity contribution is -0.116. The van der Waals surface area contributed by atoms with Crippen molar-refractivity contribution in [2.24, 2.45) is 0 Å².